The topological polar surface area (TPSA) is 92.3 Å². The van der Waals surface area contributed by atoms with E-state index in [1.54, 1.807) is 75.6 Å². The molecule has 1 unspecified atom stereocenters. The molecule has 0 spiro atoms. The third kappa shape index (κ3) is 5.08. The van der Waals surface area contributed by atoms with Crippen molar-refractivity contribution in [3.8, 4) is 22.8 Å². The van der Waals surface area contributed by atoms with Crippen molar-refractivity contribution in [1.82, 2.24) is 4.57 Å². The zero-order chi connectivity index (χ0) is 28.6. The number of carbonyl (C=O) groups excluding carboxylic acids is 1. The van der Waals surface area contributed by atoms with Crippen LogP contribution >= 0.6 is 34.5 Å². The Morgan fingerprint density at radius 2 is 1.93 bits per heavy atom. The van der Waals surface area contributed by atoms with Gasteiger partial charge in [0.15, 0.2) is 4.80 Å². The van der Waals surface area contributed by atoms with E-state index in [4.69, 9.17) is 41.8 Å². The molecule has 1 aliphatic heterocycles. The monoisotopic (exact) mass is 598 g/mol. The number of rotatable bonds is 7. The Kier molecular flexibility index (Phi) is 7.89. The standard InChI is InChI=1S/C29H24Cl2N2O6S/c1-5-38-28(35)25-15(2)32-29-33(26(25)20-13-17(36-3)7-10-22(20)37-4)27(34)24(40-29)14-18-8-11-23(39-18)19-9-6-16(30)12-21(19)31/h6-14,26H,5H2,1-4H3. The molecule has 0 saturated heterocycles. The molecule has 40 heavy (non-hydrogen) atoms. The molecule has 8 nitrogen and oxygen atoms in total. The Bertz CT molecular complexity index is 1840. The Morgan fingerprint density at radius 1 is 1.12 bits per heavy atom. The van der Waals surface area contributed by atoms with Crippen LogP contribution in [0.2, 0.25) is 10.0 Å². The average molecular weight is 599 g/mol. The van der Waals surface area contributed by atoms with Gasteiger partial charge in [-0.05, 0) is 62.4 Å². The third-order valence-electron chi connectivity index (χ3n) is 6.35. The summed E-state index contributed by atoms with van der Waals surface area (Å²) in [5.41, 5.74) is 1.57. The second kappa shape index (κ2) is 11.4. The number of furan rings is 1. The van der Waals surface area contributed by atoms with Gasteiger partial charge in [0, 0.05) is 22.2 Å². The van der Waals surface area contributed by atoms with Crippen LogP contribution in [0.5, 0.6) is 11.5 Å². The van der Waals surface area contributed by atoms with Crippen molar-refractivity contribution < 1.29 is 23.4 Å². The van der Waals surface area contributed by atoms with Crippen molar-refractivity contribution in [1.29, 1.82) is 0 Å². The lowest BCUT2D eigenvalue weighted by Crippen LogP contribution is -2.40. The Balaban J connectivity index is 1.68. The SMILES string of the molecule is CCOC(=O)C1=C(C)N=c2sc(=Cc3ccc(-c4ccc(Cl)cc4Cl)o3)c(=O)n2C1c1cc(OC)ccc1OC. The largest absolute Gasteiger partial charge is 0.497 e. The Hall–Kier alpha value is -3.79. The fourth-order valence-electron chi connectivity index (χ4n) is 4.53. The van der Waals surface area contributed by atoms with Crippen molar-refractivity contribution in [3.63, 3.8) is 0 Å². The summed E-state index contributed by atoms with van der Waals surface area (Å²) in [6.07, 6.45) is 1.64. The number of esters is 1. The number of hydrogen-bond donors (Lipinski definition) is 0. The molecule has 0 fully saturated rings. The van der Waals surface area contributed by atoms with Crippen LogP contribution in [0.25, 0.3) is 17.4 Å². The van der Waals surface area contributed by atoms with E-state index in [9.17, 15) is 9.59 Å². The number of carbonyl (C=O) groups is 1. The summed E-state index contributed by atoms with van der Waals surface area (Å²) < 4.78 is 24.3. The number of hydrogen-bond acceptors (Lipinski definition) is 8. The maximum absolute atomic E-state index is 13.9. The predicted molar refractivity (Wildman–Crippen MR) is 154 cm³/mol. The van der Waals surface area contributed by atoms with Gasteiger partial charge in [-0.1, -0.05) is 34.5 Å². The summed E-state index contributed by atoms with van der Waals surface area (Å²) in [6.45, 7) is 3.61. The van der Waals surface area contributed by atoms with Gasteiger partial charge < -0.3 is 18.6 Å². The minimum absolute atomic E-state index is 0.167. The van der Waals surface area contributed by atoms with Crippen LogP contribution in [-0.2, 0) is 9.53 Å². The number of ether oxygens (including phenoxy) is 3. The van der Waals surface area contributed by atoms with Crippen LogP contribution in [0, 0.1) is 0 Å². The van der Waals surface area contributed by atoms with E-state index < -0.39 is 12.0 Å². The van der Waals surface area contributed by atoms with Gasteiger partial charge in [0.2, 0.25) is 0 Å². The van der Waals surface area contributed by atoms with Gasteiger partial charge in [0.25, 0.3) is 5.56 Å². The van der Waals surface area contributed by atoms with E-state index in [2.05, 4.69) is 4.99 Å². The molecule has 1 aliphatic rings. The first kappa shape index (κ1) is 27.8. The highest BCUT2D eigenvalue weighted by Gasteiger charge is 2.35. The summed E-state index contributed by atoms with van der Waals surface area (Å²) in [5, 5.41) is 0.961. The molecule has 0 aliphatic carbocycles. The highest BCUT2D eigenvalue weighted by molar-refractivity contribution is 7.07. The normalized spacial score (nSPS) is 15.1. The zero-order valence-corrected chi connectivity index (χ0v) is 24.3. The molecular weight excluding hydrogens is 575 g/mol. The third-order valence-corrected chi connectivity index (χ3v) is 7.88. The van der Waals surface area contributed by atoms with Crippen molar-refractivity contribution in [2.24, 2.45) is 4.99 Å². The molecule has 0 saturated carbocycles. The molecule has 0 bridgehead atoms. The molecule has 0 amide bonds. The lowest BCUT2D eigenvalue weighted by Gasteiger charge is -2.26. The molecule has 2 aromatic carbocycles. The van der Waals surface area contributed by atoms with Crippen LogP contribution in [-0.4, -0.2) is 31.4 Å². The molecule has 1 atom stereocenters. The number of benzene rings is 2. The van der Waals surface area contributed by atoms with Gasteiger partial charge >= 0.3 is 5.97 Å². The molecule has 4 aromatic rings. The van der Waals surface area contributed by atoms with E-state index in [1.165, 1.54) is 23.0 Å². The van der Waals surface area contributed by atoms with Gasteiger partial charge in [-0.3, -0.25) is 9.36 Å². The average Bonchev–Trinajstić information content (AvgIpc) is 3.51. The van der Waals surface area contributed by atoms with E-state index in [-0.39, 0.29) is 17.7 Å². The van der Waals surface area contributed by atoms with Crippen LogP contribution in [0.3, 0.4) is 0 Å². The van der Waals surface area contributed by atoms with Crippen molar-refractivity contribution >= 4 is 46.6 Å². The molecular formula is C29H24Cl2N2O6S. The molecule has 3 heterocycles. The number of halogens is 2. The number of nitrogens with zero attached hydrogens (tertiary/aromatic N) is 2. The molecule has 0 radical (unpaired) electrons. The van der Waals surface area contributed by atoms with Gasteiger partial charge in [0.05, 0.1) is 41.7 Å². The number of allylic oxidation sites excluding steroid dienone is 1. The van der Waals surface area contributed by atoms with Gasteiger partial charge in [-0.25, -0.2) is 9.79 Å². The zero-order valence-electron chi connectivity index (χ0n) is 22.0. The predicted octanol–water partition coefficient (Wildman–Crippen LogP) is 5.38. The van der Waals surface area contributed by atoms with Crippen LogP contribution in [0.4, 0.5) is 0 Å². The number of aromatic nitrogens is 1. The fraction of sp³-hybridized carbons (Fsp3) is 0.207. The summed E-state index contributed by atoms with van der Waals surface area (Å²) in [6, 6.07) is 13.0. The first-order valence-electron chi connectivity index (χ1n) is 12.2. The molecule has 206 valence electrons. The van der Waals surface area contributed by atoms with Crippen LogP contribution in [0.15, 0.2) is 74.0 Å². The highest BCUT2D eigenvalue weighted by atomic mass is 35.5. The number of fused-ring (bicyclic) bond motifs is 1. The van der Waals surface area contributed by atoms with E-state index in [0.717, 1.165) is 0 Å². The van der Waals surface area contributed by atoms with E-state index in [1.807, 2.05) is 0 Å². The smallest absolute Gasteiger partial charge is 0.338 e. The van der Waals surface area contributed by atoms with Crippen molar-refractivity contribution in [2.45, 2.75) is 19.9 Å². The summed E-state index contributed by atoms with van der Waals surface area (Å²) >= 11 is 13.5. The summed E-state index contributed by atoms with van der Waals surface area (Å²) in [4.78, 5) is 32.1. The second-order valence-corrected chi connectivity index (χ2v) is 10.6. The number of methoxy groups -OCH3 is 2. The van der Waals surface area contributed by atoms with Crippen molar-refractivity contribution in [2.75, 3.05) is 20.8 Å². The second-order valence-electron chi connectivity index (χ2n) is 8.74. The molecule has 5 rings (SSSR count). The molecule has 2 aromatic heterocycles. The van der Waals surface area contributed by atoms with Crippen LogP contribution in [0.1, 0.15) is 31.2 Å². The lowest BCUT2D eigenvalue weighted by atomic mass is 9.95. The van der Waals surface area contributed by atoms with Crippen molar-refractivity contribution in [3.05, 3.63) is 101 Å². The maximum atomic E-state index is 13.9. The minimum atomic E-state index is -0.859. The van der Waals surface area contributed by atoms with Gasteiger partial charge in [0.1, 0.15) is 29.1 Å². The summed E-state index contributed by atoms with van der Waals surface area (Å²) in [7, 11) is 3.07. The van der Waals surface area contributed by atoms with Crippen LogP contribution < -0.4 is 24.4 Å². The lowest BCUT2D eigenvalue weighted by molar-refractivity contribution is -0.139. The van der Waals surface area contributed by atoms with Gasteiger partial charge in [-0.2, -0.15) is 0 Å². The summed E-state index contributed by atoms with van der Waals surface area (Å²) in [5.74, 6) is 1.43. The fourth-order valence-corrected chi connectivity index (χ4v) is 6.06. The quantitative estimate of drug-likeness (QED) is 0.265. The first-order valence-corrected chi connectivity index (χ1v) is 13.8. The number of thiazole rings is 1. The molecule has 0 N–H and O–H groups in total. The van der Waals surface area contributed by atoms with E-state index in [0.29, 0.717) is 59.2 Å². The Labute approximate surface area is 243 Å². The molecule has 11 heteroatoms. The van der Waals surface area contributed by atoms with Gasteiger partial charge in [-0.15, -0.1) is 0 Å². The maximum Gasteiger partial charge on any atom is 0.338 e. The minimum Gasteiger partial charge on any atom is -0.497 e. The Morgan fingerprint density at radius 3 is 2.62 bits per heavy atom. The highest BCUT2D eigenvalue weighted by Crippen LogP contribution is 2.38. The first-order chi connectivity index (χ1) is 19.2. The van der Waals surface area contributed by atoms with E-state index >= 15 is 0 Å².